The second kappa shape index (κ2) is 13.0. The Morgan fingerprint density at radius 3 is 2.41 bits per heavy atom. The zero-order chi connectivity index (χ0) is 25.1. The lowest BCUT2D eigenvalue weighted by Gasteiger charge is -2.29. The fourth-order valence-electron chi connectivity index (χ4n) is 3.53. The van der Waals surface area contributed by atoms with Crippen molar-refractivity contribution in [2.45, 2.75) is 45.7 Å². The Kier molecular flexibility index (Phi) is 10.4. The smallest absolute Gasteiger partial charge is 0.242 e. The highest BCUT2D eigenvalue weighted by atomic mass is 32.2. The number of carbonyl (C=O) groups is 2. The van der Waals surface area contributed by atoms with Crippen molar-refractivity contribution in [2.75, 3.05) is 30.8 Å². The molecule has 2 rings (SSSR count). The number of ether oxygens (including phenoxy) is 1. The van der Waals surface area contributed by atoms with Crippen molar-refractivity contribution >= 4 is 27.5 Å². The first kappa shape index (κ1) is 27.2. The molecule has 0 aliphatic rings. The largest absolute Gasteiger partial charge is 0.497 e. The van der Waals surface area contributed by atoms with Crippen molar-refractivity contribution in [1.82, 2.24) is 10.2 Å². The summed E-state index contributed by atoms with van der Waals surface area (Å²) in [6.07, 6.45) is 2.35. The van der Waals surface area contributed by atoms with E-state index in [-0.39, 0.29) is 24.8 Å². The zero-order valence-corrected chi connectivity index (χ0v) is 21.2. The van der Waals surface area contributed by atoms with Crippen LogP contribution in [0.2, 0.25) is 0 Å². The highest BCUT2D eigenvalue weighted by Gasteiger charge is 2.26. The third-order valence-corrected chi connectivity index (χ3v) is 6.60. The number of nitrogens with one attached hydrogen (secondary N) is 1. The molecule has 1 N–H and O–H groups in total. The molecular weight excluding hydrogens is 454 g/mol. The van der Waals surface area contributed by atoms with Gasteiger partial charge in [-0.2, -0.15) is 0 Å². The third kappa shape index (κ3) is 8.06. The summed E-state index contributed by atoms with van der Waals surface area (Å²) in [6, 6.07) is 15.6. The molecule has 2 amide bonds. The number of carbonyl (C=O) groups excluding carboxylic acids is 2. The highest BCUT2D eigenvalue weighted by molar-refractivity contribution is 7.92. The van der Waals surface area contributed by atoms with Gasteiger partial charge in [-0.3, -0.25) is 13.9 Å². The minimum Gasteiger partial charge on any atom is -0.497 e. The number of nitrogens with zero attached hydrogens (tertiary/aromatic N) is 2. The number of amides is 2. The summed E-state index contributed by atoms with van der Waals surface area (Å²) >= 11 is 0. The Morgan fingerprint density at radius 2 is 1.79 bits per heavy atom. The molecule has 0 unspecified atom stereocenters. The van der Waals surface area contributed by atoms with Gasteiger partial charge < -0.3 is 15.0 Å². The van der Waals surface area contributed by atoms with Gasteiger partial charge in [0.1, 0.15) is 11.8 Å². The molecule has 0 spiro atoms. The van der Waals surface area contributed by atoms with E-state index < -0.39 is 16.1 Å². The van der Waals surface area contributed by atoms with Crippen molar-refractivity contribution in [3.05, 3.63) is 60.2 Å². The van der Waals surface area contributed by atoms with E-state index in [0.29, 0.717) is 30.9 Å². The fraction of sp³-hybridized carbons (Fsp3) is 0.440. The van der Waals surface area contributed by atoms with Gasteiger partial charge in [0.2, 0.25) is 21.8 Å². The number of hydrogen-bond acceptors (Lipinski definition) is 5. The first-order chi connectivity index (χ1) is 16.2. The van der Waals surface area contributed by atoms with Crippen LogP contribution >= 0.6 is 0 Å². The van der Waals surface area contributed by atoms with Gasteiger partial charge in [0, 0.05) is 32.1 Å². The number of sulfonamides is 1. The molecule has 1 atom stereocenters. The van der Waals surface area contributed by atoms with Crippen molar-refractivity contribution in [3.8, 4) is 5.75 Å². The Labute approximate surface area is 202 Å². The number of methoxy groups -OCH3 is 1. The normalized spacial score (nSPS) is 12.0. The van der Waals surface area contributed by atoms with Crippen molar-refractivity contribution in [2.24, 2.45) is 0 Å². The number of benzene rings is 2. The molecule has 0 fully saturated rings. The van der Waals surface area contributed by atoms with E-state index in [0.717, 1.165) is 18.2 Å². The van der Waals surface area contributed by atoms with Crippen LogP contribution in [0.25, 0.3) is 0 Å². The lowest BCUT2D eigenvalue weighted by atomic mass is 10.1. The van der Waals surface area contributed by atoms with Gasteiger partial charge in [0.15, 0.2) is 0 Å². The minimum atomic E-state index is -3.56. The summed E-state index contributed by atoms with van der Waals surface area (Å²) in [6.45, 7) is 4.65. The molecule has 0 radical (unpaired) electrons. The standard InChI is InChI=1S/C25H35N3O5S/c1-5-16-26-25(30)20(2)27(19-21-11-7-6-8-12-21)24(29)15-10-17-28(34(4,31)32)22-13-9-14-23(18-22)33-3/h6-9,11-14,18,20H,5,10,15-17,19H2,1-4H3,(H,26,30)/t20-/m0/s1. The van der Waals surface area contributed by atoms with Gasteiger partial charge in [-0.1, -0.05) is 43.3 Å². The van der Waals surface area contributed by atoms with Crippen LogP contribution in [0.5, 0.6) is 5.75 Å². The molecule has 0 aromatic heterocycles. The Morgan fingerprint density at radius 1 is 1.09 bits per heavy atom. The van der Waals surface area contributed by atoms with Crippen LogP contribution in [0.15, 0.2) is 54.6 Å². The van der Waals surface area contributed by atoms with E-state index in [1.165, 1.54) is 11.4 Å². The summed E-state index contributed by atoms with van der Waals surface area (Å²) in [7, 11) is -2.05. The minimum absolute atomic E-state index is 0.105. The quantitative estimate of drug-likeness (QED) is 0.466. The molecular formula is C25H35N3O5S. The summed E-state index contributed by atoms with van der Waals surface area (Å²) in [5.74, 6) is 0.130. The predicted molar refractivity (Wildman–Crippen MR) is 134 cm³/mol. The highest BCUT2D eigenvalue weighted by Crippen LogP contribution is 2.23. The first-order valence-electron chi connectivity index (χ1n) is 11.4. The summed E-state index contributed by atoms with van der Waals surface area (Å²) in [5.41, 5.74) is 1.39. The Hall–Kier alpha value is -3.07. The van der Waals surface area contributed by atoms with Gasteiger partial charge in [0.05, 0.1) is 19.1 Å². The van der Waals surface area contributed by atoms with E-state index in [9.17, 15) is 18.0 Å². The van der Waals surface area contributed by atoms with Crippen LogP contribution in [0.3, 0.4) is 0 Å². The molecule has 0 heterocycles. The van der Waals surface area contributed by atoms with Crippen LogP contribution in [-0.4, -0.2) is 57.6 Å². The molecule has 34 heavy (non-hydrogen) atoms. The summed E-state index contributed by atoms with van der Waals surface area (Å²) < 4.78 is 31.3. The van der Waals surface area contributed by atoms with E-state index in [4.69, 9.17) is 4.74 Å². The molecule has 0 bridgehead atoms. The predicted octanol–water partition coefficient (Wildman–Crippen LogP) is 3.18. The molecule has 8 nitrogen and oxygen atoms in total. The lowest BCUT2D eigenvalue weighted by Crippen LogP contribution is -2.47. The molecule has 0 saturated carbocycles. The first-order valence-corrected chi connectivity index (χ1v) is 13.2. The van der Waals surface area contributed by atoms with Gasteiger partial charge in [-0.05, 0) is 37.5 Å². The average molecular weight is 490 g/mol. The molecule has 2 aromatic carbocycles. The maximum Gasteiger partial charge on any atom is 0.242 e. The molecule has 0 aliphatic heterocycles. The van der Waals surface area contributed by atoms with Crippen LogP contribution in [0, 0.1) is 0 Å². The molecule has 2 aromatic rings. The lowest BCUT2D eigenvalue weighted by molar-refractivity contribution is -0.140. The molecule has 186 valence electrons. The number of anilines is 1. The van der Waals surface area contributed by atoms with Crippen molar-refractivity contribution in [3.63, 3.8) is 0 Å². The van der Waals surface area contributed by atoms with Crippen LogP contribution < -0.4 is 14.4 Å². The number of hydrogen-bond donors (Lipinski definition) is 1. The van der Waals surface area contributed by atoms with Crippen molar-refractivity contribution < 1.29 is 22.7 Å². The van der Waals surface area contributed by atoms with E-state index in [1.54, 1.807) is 36.1 Å². The zero-order valence-electron chi connectivity index (χ0n) is 20.4. The maximum atomic E-state index is 13.2. The second-order valence-corrected chi connectivity index (χ2v) is 10.0. The maximum absolute atomic E-state index is 13.2. The summed E-state index contributed by atoms with van der Waals surface area (Å²) in [5, 5.41) is 2.85. The Balaban J connectivity index is 2.13. The topological polar surface area (TPSA) is 96.0 Å². The summed E-state index contributed by atoms with van der Waals surface area (Å²) in [4.78, 5) is 27.3. The van der Waals surface area contributed by atoms with Gasteiger partial charge >= 0.3 is 0 Å². The van der Waals surface area contributed by atoms with E-state index in [2.05, 4.69) is 5.32 Å². The molecule has 0 aliphatic carbocycles. The fourth-order valence-corrected chi connectivity index (χ4v) is 4.49. The van der Waals surface area contributed by atoms with Crippen LogP contribution in [-0.2, 0) is 26.2 Å². The van der Waals surface area contributed by atoms with Gasteiger partial charge in [0.25, 0.3) is 0 Å². The SMILES string of the molecule is CCCNC(=O)[C@H](C)N(Cc1ccccc1)C(=O)CCCN(c1cccc(OC)c1)S(C)(=O)=O. The van der Waals surface area contributed by atoms with E-state index >= 15 is 0 Å². The third-order valence-electron chi connectivity index (χ3n) is 5.41. The second-order valence-electron chi connectivity index (χ2n) is 8.11. The molecule has 0 saturated heterocycles. The molecule has 9 heteroatoms. The van der Waals surface area contributed by atoms with Crippen LogP contribution in [0.1, 0.15) is 38.7 Å². The van der Waals surface area contributed by atoms with Crippen LogP contribution in [0.4, 0.5) is 5.69 Å². The average Bonchev–Trinajstić information content (AvgIpc) is 2.82. The van der Waals surface area contributed by atoms with Crippen molar-refractivity contribution in [1.29, 1.82) is 0 Å². The van der Waals surface area contributed by atoms with Gasteiger partial charge in [-0.25, -0.2) is 8.42 Å². The monoisotopic (exact) mass is 489 g/mol. The van der Waals surface area contributed by atoms with E-state index in [1.807, 2.05) is 37.3 Å². The number of rotatable bonds is 13. The Bertz CT molecular complexity index is 1040. The van der Waals surface area contributed by atoms with Gasteiger partial charge in [-0.15, -0.1) is 0 Å².